The lowest BCUT2D eigenvalue weighted by molar-refractivity contribution is 0.193. The molecule has 2 aromatic rings. The minimum absolute atomic E-state index is 0.0955. The number of hydrogen-bond acceptors (Lipinski definition) is 1. The van der Waals surface area contributed by atoms with Crippen LogP contribution in [0.1, 0.15) is 24.0 Å². The molecule has 0 saturated heterocycles. The second-order valence-electron chi connectivity index (χ2n) is 5.17. The van der Waals surface area contributed by atoms with Gasteiger partial charge in [0.2, 0.25) is 0 Å². The SMILES string of the molecule is OC1C=CC(c2ccccc2)(c2ccccc2)CC1. The summed E-state index contributed by atoms with van der Waals surface area (Å²) in [6, 6.07) is 21.1. The van der Waals surface area contributed by atoms with Gasteiger partial charge in [-0.05, 0) is 24.0 Å². The maximum Gasteiger partial charge on any atom is 0.0721 e. The molecule has 1 unspecified atom stereocenters. The molecule has 1 heteroatoms. The smallest absolute Gasteiger partial charge is 0.0721 e. The van der Waals surface area contributed by atoms with Gasteiger partial charge in [-0.3, -0.25) is 0 Å². The molecule has 0 aliphatic heterocycles. The van der Waals surface area contributed by atoms with Gasteiger partial charge in [0.05, 0.1) is 6.10 Å². The van der Waals surface area contributed by atoms with Crippen molar-refractivity contribution >= 4 is 0 Å². The van der Waals surface area contributed by atoms with E-state index in [1.165, 1.54) is 11.1 Å². The maximum atomic E-state index is 9.75. The van der Waals surface area contributed by atoms with Crippen molar-refractivity contribution < 1.29 is 5.11 Å². The van der Waals surface area contributed by atoms with E-state index in [0.29, 0.717) is 0 Å². The Balaban J connectivity index is 2.15. The third-order valence-corrected chi connectivity index (χ3v) is 4.02. The molecule has 0 amide bonds. The molecule has 2 aromatic carbocycles. The van der Waals surface area contributed by atoms with Crippen LogP contribution in [0.25, 0.3) is 0 Å². The highest BCUT2D eigenvalue weighted by molar-refractivity contribution is 5.45. The average molecular weight is 250 g/mol. The minimum atomic E-state index is -0.305. The normalized spacial score (nSPS) is 21.2. The van der Waals surface area contributed by atoms with Crippen LogP contribution in [0.4, 0.5) is 0 Å². The highest BCUT2D eigenvalue weighted by atomic mass is 16.3. The molecule has 96 valence electrons. The Bertz CT molecular complexity index is 517. The monoisotopic (exact) mass is 250 g/mol. The van der Waals surface area contributed by atoms with E-state index in [2.05, 4.69) is 54.6 Å². The molecule has 0 bridgehead atoms. The van der Waals surface area contributed by atoms with E-state index in [-0.39, 0.29) is 11.5 Å². The molecular weight excluding hydrogens is 232 g/mol. The fourth-order valence-electron chi connectivity index (χ4n) is 2.95. The molecule has 0 saturated carbocycles. The first kappa shape index (κ1) is 12.2. The van der Waals surface area contributed by atoms with Gasteiger partial charge in [-0.2, -0.15) is 0 Å². The summed E-state index contributed by atoms with van der Waals surface area (Å²) in [6.07, 6.45) is 5.55. The summed E-state index contributed by atoms with van der Waals surface area (Å²) >= 11 is 0. The van der Waals surface area contributed by atoms with Gasteiger partial charge in [0, 0.05) is 5.41 Å². The van der Waals surface area contributed by atoms with Crippen molar-refractivity contribution in [2.24, 2.45) is 0 Å². The highest BCUT2D eigenvalue weighted by Crippen LogP contribution is 2.41. The van der Waals surface area contributed by atoms with Crippen molar-refractivity contribution in [3.63, 3.8) is 0 Å². The summed E-state index contributed by atoms with van der Waals surface area (Å²) in [5.41, 5.74) is 2.50. The number of hydrogen-bond donors (Lipinski definition) is 1. The van der Waals surface area contributed by atoms with Crippen molar-refractivity contribution in [1.82, 2.24) is 0 Å². The van der Waals surface area contributed by atoms with Crippen LogP contribution in [0, 0.1) is 0 Å². The Morgan fingerprint density at radius 3 is 1.79 bits per heavy atom. The second kappa shape index (κ2) is 5.02. The number of benzene rings is 2. The fourth-order valence-corrected chi connectivity index (χ4v) is 2.95. The Morgan fingerprint density at radius 1 is 0.842 bits per heavy atom. The van der Waals surface area contributed by atoms with E-state index in [0.717, 1.165) is 12.8 Å². The Kier molecular flexibility index (Phi) is 3.22. The molecule has 0 heterocycles. The van der Waals surface area contributed by atoms with Crippen LogP contribution in [0.15, 0.2) is 72.8 Å². The molecule has 1 aliphatic carbocycles. The van der Waals surface area contributed by atoms with Gasteiger partial charge in [-0.15, -0.1) is 0 Å². The van der Waals surface area contributed by atoms with Crippen LogP contribution in [-0.4, -0.2) is 11.2 Å². The quantitative estimate of drug-likeness (QED) is 0.806. The van der Waals surface area contributed by atoms with Crippen LogP contribution in [0.5, 0.6) is 0 Å². The molecule has 0 aromatic heterocycles. The Morgan fingerprint density at radius 2 is 1.37 bits per heavy atom. The Hall–Kier alpha value is -1.86. The van der Waals surface area contributed by atoms with Crippen LogP contribution in [-0.2, 0) is 5.41 Å². The first-order chi connectivity index (χ1) is 9.31. The lowest BCUT2D eigenvalue weighted by atomic mass is 9.68. The zero-order valence-electron chi connectivity index (χ0n) is 10.9. The lowest BCUT2D eigenvalue weighted by Crippen LogP contribution is -2.30. The molecule has 0 spiro atoms. The number of rotatable bonds is 2. The van der Waals surface area contributed by atoms with Crippen LogP contribution in [0.2, 0.25) is 0 Å². The topological polar surface area (TPSA) is 20.2 Å². The molecule has 19 heavy (non-hydrogen) atoms. The summed E-state index contributed by atoms with van der Waals surface area (Å²) in [5, 5.41) is 9.75. The first-order valence-electron chi connectivity index (χ1n) is 6.80. The van der Waals surface area contributed by atoms with Crippen molar-refractivity contribution in [1.29, 1.82) is 0 Å². The number of aliphatic hydroxyl groups is 1. The summed E-state index contributed by atoms with van der Waals surface area (Å²) in [6.45, 7) is 0. The minimum Gasteiger partial charge on any atom is -0.389 e. The van der Waals surface area contributed by atoms with Gasteiger partial charge in [0.1, 0.15) is 0 Å². The predicted molar refractivity (Wildman–Crippen MR) is 78.0 cm³/mol. The Labute approximate surface area is 114 Å². The van der Waals surface area contributed by atoms with E-state index in [1.807, 2.05) is 18.2 Å². The van der Waals surface area contributed by atoms with Crippen LogP contribution in [0.3, 0.4) is 0 Å². The molecule has 1 aliphatic rings. The van der Waals surface area contributed by atoms with Crippen molar-refractivity contribution in [3.8, 4) is 0 Å². The van der Waals surface area contributed by atoms with E-state index in [1.54, 1.807) is 0 Å². The molecular formula is C18H18O. The van der Waals surface area contributed by atoms with Gasteiger partial charge in [0.15, 0.2) is 0 Å². The van der Waals surface area contributed by atoms with E-state index in [4.69, 9.17) is 0 Å². The van der Waals surface area contributed by atoms with Crippen molar-refractivity contribution in [2.75, 3.05) is 0 Å². The van der Waals surface area contributed by atoms with Gasteiger partial charge in [-0.25, -0.2) is 0 Å². The van der Waals surface area contributed by atoms with Gasteiger partial charge >= 0.3 is 0 Å². The van der Waals surface area contributed by atoms with Crippen molar-refractivity contribution in [3.05, 3.63) is 83.9 Å². The molecule has 3 rings (SSSR count). The summed E-state index contributed by atoms with van der Waals surface area (Å²) in [4.78, 5) is 0. The van der Waals surface area contributed by atoms with Crippen LogP contribution >= 0.6 is 0 Å². The third-order valence-electron chi connectivity index (χ3n) is 4.02. The first-order valence-corrected chi connectivity index (χ1v) is 6.80. The summed E-state index contributed by atoms with van der Waals surface area (Å²) in [5.74, 6) is 0. The number of aliphatic hydroxyl groups excluding tert-OH is 1. The molecule has 1 N–H and O–H groups in total. The molecule has 0 fully saturated rings. The molecule has 0 radical (unpaired) electrons. The van der Waals surface area contributed by atoms with Gasteiger partial charge in [-0.1, -0.05) is 72.8 Å². The zero-order chi connectivity index (χ0) is 13.1. The predicted octanol–water partition coefficient (Wildman–Crippen LogP) is 3.68. The van der Waals surface area contributed by atoms with Gasteiger partial charge < -0.3 is 5.11 Å². The maximum absolute atomic E-state index is 9.75. The highest BCUT2D eigenvalue weighted by Gasteiger charge is 2.34. The number of allylic oxidation sites excluding steroid dienone is 1. The van der Waals surface area contributed by atoms with E-state index in [9.17, 15) is 5.11 Å². The largest absolute Gasteiger partial charge is 0.389 e. The lowest BCUT2D eigenvalue weighted by Gasteiger charge is -2.36. The average Bonchev–Trinajstić information content (AvgIpc) is 2.50. The fraction of sp³-hybridized carbons (Fsp3) is 0.222. The van der Waals surface area contributed by atoms with Gasteiger partial charge in [0.25, 0.3) is 0 Å². The summed E-state index contributed by atoms with van der Waals surface area (Å²) in [7, 11) is 0. The molecule has 1 nitrogen and oxygen atoms in total. The van der Waals surface area contributed by atoms with Crippen molar-refractivity contribution in [2.45, 2.75) is 24.4 Å². The van der Waals surface area contributed by atoms with E-state index < -0.39 is 0 Å². The second-order valence-corrected chi connectivity index (χ2v) is 5.17. The third kappa shape index (κ3) is 2.22. The zero-order valence-corrected chi connectivity index (χ0v) is 10.9. The standard InChI is InChI=1S/C18H18O/c19-17-11-13-18(14-12-17,15-7-3-1-4-8-15)16-9-5-2-6-10-16/h1-11,13,17,19H,12,14H2. The van der Waals surface area contributed by atoms with Crippen LogP contribution < -0.4 is 0 Å². The van der Waals surface area contributed by atoms with E-state index >= 15 is 0 Å². The summed E-state index contributed by atoms with van der Waals surface area (Å²) < 4.78 is 0. The molecule has 1 atom stereocenters.